The van der Waals surface area contributed by atoms with Gasteiger partial charge in [0, 0.05) is 32.1 Å². The normalized spacial score (nSPS) is 19.1. The Morgan fingerprint density at radius 3 is 2.89 bits per heavy atom. The molecule has 0 saturated heterocycles. The molecule has 4 heteroatoms. The van der Waals surface area contributed by atoms with Gasteiger partial charge in [0.15, 0.2) is 0 Å². The Labute approximate surface area is 107 Å². The van der Waals surface area contributed by atoms with Gasteiger partial charge in [-0.3, -0.25) is 9.59 Å². The Morgan fingerprint density at radius 1 is 1.44 bits per heavy atom. The lowest BCUT2D eigenvalue weighted by Crippen LogP contribution is -2.43. The molecular formula is C14H18N2O2. The molecule has 96 valence electrons. The predicted octanol–water partition coefficient (Wildman–Crippen LogP) is 1.21. The largest absolute Gasteiger partial charge is 0.354 e. The predicted molar refractivity (Wildman–Crippen MR) is 69.3 cm³/mol. The summed E-state index contributed by atoms with van der Waals surface area (Å²) < 4.78 is 0. The molecule has 2 rings (SSSR count). The van der Waals surface area contributed by atoms with E-state index < -0.39 is 0 Å². The van der Waals surface area contributed by atoms with Crippen molar-refractivity contribution in [3.63, 3.8) is 0 Å². The molecule has 1 atom stereocenters. The van der Waals surface area contributed by atoms with Crippen LogP contribution in [-0.4, -0.2) is 36.3 Å². The minimum Gasteiger partial charge on any atom is -0.354 e. The van der Waals surface area contributed by atoms with Crippen molar-refractivity contribution < 1.29 is 9.59 Å². The number of benzene rings is 1. The molecular weight excluding hydrogens is 228 g/mol. The molecule has 0 aliphatic carbocycles. The minimum absolute atomic E-state index is 0.0402. The SMILES string of the molecule is CC(=O)NCC1CCc2ccccc2C(=O)N1C. The minimum atomic E-state index is -0.0578. The number of hydrogen-bond acceptors (Lipinski definition) is 2. The highest BCUT2D eigenvalue weighted by Gasteiger charge is 2.26. The molecule has 1 unspecified atom stereocenters. The van der Waals surface area contributed by atoms with Crippen LogP contribution in [0.15, 0.2) is 24.3 Å². The molecule has 4 nitrogen and oxygen atoms in total. The van der Waals surface area contributed by atoms with E-state index in [0.29, 0.717) is 6.54 Å². The van der Waals surface area contributed by atoms with Crippen LogP contribution in [-0.2, 0) is 11.2 Å². The van der Waals surface area contributed by atoms with Crippen molar-refractivity contribution in [3.05, 3.63) is 35.4 Å². The smallest absolute Gasteiger partial charge is 0.254 e. The average molecular weight is 246 g/mol. The van der Waals surface area contributed by atoms with E-state index in [2.05, 4.69) is 5.32 Å². The highest BCUT2D eigenvalue weighted by atomic mass is 16.2. The summed E-state index contributed by atoms with van der Waals surface area (Å²) in [5, 5.41) is 2.79. The van der Waals surface area contributed by atoms with Crippen molar-refractivity contribution in [3.8, 4) is 0 Å². The second kappa shape index (κ2) is 5.21. The monoisotopic (exact) mass is 246 g/mol. The van der Waals surface area contributed by atoms with E-state index in [-0.39, 0.29) is 17.9 Å². The molecule has 2 amide bonds. The number of carbonyl (C=O) groups excluding carboxylic acids is 2. The van der Waals surface area contributed by atoms with E-state index in [1.807, 2.05) is 24.3 Å². The van der Waals surface area contributed by atoms with Gasteiger partial charge in [-0.25, -0.2) is 0 Å². The molecule has 1 aliphatic rings. The molecule has 1 N–H and O–H groups in total. The fraction of sp³-hybridized carbons (Fsp3) is 0.429. The first kappa shape index (κ1) is 12.6. The zero-order valence-corrected chi connectivity index (χ0v) is 10.8. The van der Waals surface area contributed by atoms with Crippen molar-refractivity contribution >= 4 is 11.8 Å². The molecule has 0 spiro atoms. The Balaban J connectivity index is 2.17. The summed E-state index contributed by atoms with van der Waals surface area (Å²) in [6, 6.07) is 7.78. The van der Waals surface area contributed by atoms with Gasteiger partial charge in [0.2, 0.25) is 5.91 Å². The van der Waals surface area contributed by atoms with Crippen LogP contribution in [0.2, 0.25) is 0 Å². The van der Waals surface area contributed by atoms with Crippen LogP contribution in [0.5, 0.6) is 0 Å². The van der Waals surface area contributed by atoms with E-state index >= 15 is 0 Å². The van der Waals surface area contributed by atoms with Crippen LogP contribution in [0.3, 0.4) is 0 Å². The van der Waals surface area contributed by atoms with Crippen LogP contribution in [0.25, 0.3) is 0 Å². The standard InChI is InChI=1S/C14H18N2O2/c1-10(17)15-9-12-8-7-11-5-3-4-6-13(11)14(18)16(12)2/h3-6,12H,7-9H2,1-2H3,(H,15,17). The number of nitrogens with zero attached hydrogens (tertiary/aromatic N) is 1. The summed E-state index contributed by atoms with van der Waals surface area (Å²) in [5.74, 6) is -0.0175. The van der Waals surface area contributed by atoms with Gasteiger partial charge in [-0.1, -0.05) is 18.2 Å². The lowest BCUT2D eigenvalue weighted by Gasteiger charge is -2.26. The van der Waals surface area contributed by atoms with E-state index in [0.717, 1.165) is 24.0 Å². The lowest BCUT2D eigenvalue weighted by molar-refractivity contribution is -0.119. The quantitative estimate of drug-likeness (QED) is 0.852. The Kier molecular flexibility index (Phi) is 3.65. The van der Waals surface area contributed by atoms with Gasteiger partial charge in [-0.05, 0) is 24.5 Å². The molecule has 0 radical (unpaired) electrons. The third-order valence-electron chi connectivity index (χ3n) is 3.45. The number of aryl methyl sites for hydroxylation is 1. The summed E-state index contributed by atoms with van der Waals surface area (Å²) >= 11 is 0. The second-order valence-electron chi connectivity index (χ2n) is 4.70. The highest BCUT2D eigenvalue weighted by molar-refractivity contribution is 5.96. The third-order valence-corrected chi connectivity index (χ3v) is 3.45. The number of amides is 2. The van der Waals surface area contributed by atoms with Crippen molar-refractivity contribution in [2.75, 3.05) is 13.6 Å². The first-order chi connectivity index (χ1) is 8.59. The van der Waals surface area contributed by atoms with Crippen molar-refractivity contribution in [1.29, 1.82) is 0 Å². The number of rotatable bonds is 2. The molecule has 0 aromatic heterocycles. The van der Waals surface area contributed by atoms with Gasteiger partial charge in [0.05, 0.1) is 0 Å². The summed E-state index contributed by atoms with van der Waals surface area (Å²) in [6.07, 6.45) is 1.75. The Bertz CT molecular complexity index is 471. The van der Waals surface area contributed by atoms with Crippen LogP contribution in [0.1, 0.15) is 29.3 Å². The lowest BCUT2D eigenvalue weighted by atomic mass is 10.0. The number of fused-ring (bicyclic) bond motifs is 1. The third kappa shape index (κ3) is 2.53. The zero-order chi connectivity index (χ0) is 13.1. The highest BCUT2D eigenvalue weighted by Crippen LogP contribution is 2.20. The maximum Gasteiger partial charge on any atom is 0.254 e. The zero-order valence-electron chi connectivity index (χ0n) is 10.8. The second-order valence-corrected chi connectivity index (χ2v) is 4.70. The maximum atomic E-state index is 12.3. The number of hydrogen-bond donors (Lipinski definition) is 1. The summed E-state index contributed by atoms with van der Waals surface area (Å²) in [4.78, 5) is 25.0. The number of nitrogens with one attached hydrogen (secondary N) is 1. The molecule has 0 fully saturated rings. The molecule has 0 bridgehead atoms. The molecule has 1 aromatic rings. The van der Waals surface area contributed by atoms with Gasteiger partial charge < -0.3 is 10.2 Å². The van der Waals surface area contributed by atoms with E-state index in [9.17, 15) is 9.59 Å². The fourth-order valence-corrected chi connectivity index (χ4v) is 2.32. The first-order valence-electron chi connectivity index (χ1n) is 6.19. The van der Waals surface area contributed by atoms with Crippen molar-refractivity contribution in [1.82, 2.24) is 10.2 Å². The van der Waals surface area contributed by atoms with Gasteiger partial charge in [-0.15, -0.1) is 0 Å². The van der Waals surface area contributed by atoms with Crippen molar-refractivity contribution in [2.45, 2.75) is 25.8 Å². The van der Waals surface area contributed by atoms with E-state index in [1.165, 1.54) is 6.92 Å². The van der Waals surface area contributed by atoms with Gasteiger partial charge >= 0.3 is 0 Å². The Morgan fingerprint density at radius 2 is 2.17 bits per heavy atom. The average Bonchev–Trinajstić information content (AvgIpc) is 2.48. The van der Waals surface area contributed by atoms with Crippen LogP contribution < -0.4 is 5.32 Å². The van der Waals surface area contributed by atoms with Crippen LogP contribution >= 0.6 is 0 Å². The number of likely N-dealkylation sites (N-methyl/N-ethyl adjacent to an activating group) is 1. The van der Waals surface area contributed by atoms with Gasteiger partial charge in [-0.2, -0.15) is 0 Å². The molecule has 0 saturated carbocycles. The van der Waals surface area contributed by atoms with Crippen molar-refractivity contribution in [2.24, 2.45) is 0 Å². The van der Waals surface area contributed by atoms with Crippen LogP contribution in [0.4, 0.5) is 0 Å². The van der Waals surface area contributed by atoms with E-state index in [4.69, 9.17) is 0 Å². The Hall–Kier alpha value is -1.84. The van der Waals surface area contributed by atoms with Crippen LogP contribution in [0, 0.1) is 0 Å². The summed E-state index contributed by atoms with van der Waals surface area (Å²) in [7, 11) is 1.80. The first-order valence-corrected chi connectivity index (χ1v) is 6.19. The van der Waals surface area contributed by atoms with Gasteiger partial charge in [0.1, 0.15) is 0 Å². The maximum absolute atomic E-state index is 12.3. The topological polar surface area (TPSA) is 49.4 Å². The molecule has 1 aromatic carbocycles. The van der Waals surface area contributed by atoms with Gasteiger partial charge in [0.25, 0.3) is 5.91 Å². The molecule has 1 aliphatic heterocycles. The fourth-order valence-electron chi connectivity index (χ4n) is 2.32. The molecule has 18 heavy (non-hydrogen) atoms. The number of carbonyl (C=O) groups is 2. The summed E-state index contributed by atoms with van der Waals surface area (Å²) in [5.41, 5.74) is 1.88. The van der Waals surface area contributed by atoms with E-state index in [1.54, 1.807) is 11.9 Å². The summed E-state index contributed by atoms with van der Waals surface area (Å²) in [6.45, 7) is 2.01. The molecule has 1 heterocycles.